The van der Waals surface area contributed by atoms with Crippen LogP contribution in [0.15, 0.2) is 5.03 Å². The molecule has 0 aliphatic carbocycles. The molecular formula is C12H19N3O2S. The van der Waals surface area contributed by atoms with Gasteiger partial charge in [-0.15, -0.1) is 11.8 Å². The van der Waals surface area contributed by atoms with E-state index in [1.807, 2.05) is 20.1 Å². The SMILES string of the molecule is CSc1nc(C)nc(C)c1C(=O)NCC(C)CO. The molecule has 1 unspecified atom stereocenters. The molecule has 0 aromatic carbocycles. The predicted octanol–water partition coefficient (Wildman–Crippen LogP) is 1.17. The van der Waals surface area contributed by atoms with Gasteiger partial charge in [0.05, 0.1) is 11.3 Å². The van der Waals surface area contributed by atoms with E-state index >= 15 is 0 Å². The summed E-state index contributed by atoms with van der Waals surface area (Å²) in [5.41, 5.74) is 1.21. The highest BCUT2D eigenvalue weighted by Crippen LogP contribution is 2.20. The van der Waals surface area contributed by atoms with E-state index in [-0.39, 0.29) is 18.4 Å². The zero-order valence-electron chi connectivity index (χ0n) is 11.1. The molecule has 0 spiro atoms. The van der Waals surface area contributed by atoms with Gasteiger partial charge >= 0.3 is 0 Å². The minimum Gasteiger partial charge on any atom is -0.396 e. The van der Waals surface area contributed by atoms with Gasteiger partial charge in [-0.1, -0.05) is 6.92 Å². The van der Waals surface area contributed by atoms with Gasteiger partial charge in [-0.3, -0.25) is 4.79 Å². The average molecular weight is 269 g/mol. The van der Waals surface area contributed by atoms with E-state index in [1.54, 1.807) is 6.92 Å². The summed E-state index contributed by atoms with van der Waals surface area (Å²) in [5.74, 6) is 0.521. The minimum absolute atomic E-state index is 0.0401. The highest BCUT2D eigenvalue weighted by molar-refractivity contribution is 7.98. The number of nitrogens with one attached hydrogen (secondary N) is 1. The number of nitrogens with zero attached hydrogens (tertiary/aromatic N) is 2. The topological polar surface area (TPSA) is 75.1 Å². The smallest absolute Gasteiger partial charge is 0.255 e. The summed E-state index contributed by atoms with van der Waals surface area (Å²) >= 11 is 1.43. The summed E-state index contributed by atoms with van der Waals surface area (Å²) < 4.78 is 0. The van der Waals surface area contributed by atoms with Crippen molar-refractivity contribution in [1.82, 2.24) is 15.3 Å². The molecule has 0 bridgehead atoms. The number of hydrogen-bond acceptors (Lipinski definition) is 5. The van der Waals surface area contributed by atoms with Crippen LogP contribution in [0.4, 0.5) is 0 Å². The molecule has 1 aromatic rings. The second kappa shape index (κ2) is 6.70. The van der Waals surface area contributed by atoms with E-state index in [2.05, 4.69) is 15.3 Å². The third kappa shape index (κ3) is 3.68. The lowest BCUT2D eigenvalue weighted by atomic mass is 10.2. The summed E-state index contributed by atoms with van der Waals surface area (Å²) in [4.78, 5) is 20.6. The first-order chi connectivity index (χ1) is 8.49. The van der Waals surface area contributed by atoms with Crippen molar-refractivity contribution in [2.24, 2.45) is 5.92 Å². The molecule has 0 fully saturated rings. The van der Waals surface area contributed by atoms with Gasteiger partial charge in [0.25, 0.3) is 5.91 Å². The van der Waals surface area contributed by atoms with E-state index in [4.69, 9.17) is 5.11 Å². The van der Waals surface area contributed by atoms with Crippen molar-refractivity contribution in [3.05, 3.63) is 17.1 Å². The van der Waals surface area contributed by atoms with Crippen LogP contribution in [-0.2, 0) is 0 Å². The molecular weight excluding hydrogens is 250 g/mol. The first kappa shape index (κ1) is 14.9. The van der Waals surface area contributed by atoms with Crippen LogP contribution in [0.5, 0.6) is 0 Å². The third-order valence-electron chi connectivity index (χ3n) is 2.51. The zero-order chi connectivity index (χ0) is 13.7. The number of aromatic nitrogens is 2. The molecule has 6 heteroatoms. The molecule has 0 radical (unpaired) electrons. The van der Waals surface area contributed by atoms with Crippen molar-refractivity contribution in [2.75, 3.05) is 19.4 Å². The molecule has 2 N–H and O–H groups in total. The monoisotopic (exact) mass is 269 g/mol. The lowest BCUT2D eigenvalue weighted by Crippen LogP contribution is -2.31. The Morgan fingerprint density at radius 2 is 2.11 bits per heavy atom. The highest BCUT2D eigenvalue weighted by Gasteiger charge is 2.17. The molecule has 0 saturated carbocycles. The van der Waals surface area contributed by atoms with E-state index < -0.39 is 0 Å². The van der Waals surface area contributed by atoms with Gasteiger partial charge in [0.15, 0.2) is 0 Å². The largest absolute Gasteiger partial charge is 0.396 e. The van der Waals surface area contributed by atoms with Crippen molar-refractivity contribution in [1.29, 1.82) is 0 Å². The molecule has 100 valence electrons. The summed E-state index contributed by atoms with van der Waals surface area (Å²) in [6.07, 6.45) is 1.88. The van der Waals surface area contributed by atoms with Crippen LogP contribution < -0.4 is 5.32 Å². The second-order valence-corrected chi connectivity index (χ2v) is 5.03. The molecule has 0 saturated heterocycles. The number of hydrogen-bond donors (Lipinski definition) is 2. The second-order valence-electron chi connectivity index (χ2n) is 4.24. The van der Waals surface area contributed by atoms with Crippen LogP contribution in [0, 0.1) is 19.8 Å². The van der Waals surface area contributed by atoms with Gasteiger partial charge in [-0.05, 0) is 26.0 Å². The lowest BCUT2D eigenvalue weighted by Gasteiger charge is -2.13. The normalized spacial score (nSPS) is 12.3. The van der Waals surface area contributed by atoms with Gasteiger partial charge in [-0.25, -0.2) is 9.97 Å². The number of rotatable bonds is 5. The molecule has 0 aliphatic rings. The molecule has 1 rings (SSSR count). The molecule has 18 heavy (non-hydrogen) atoms. The summed E-state index contributed by atoms with van der Waals surface area (Å²) in [5, 5.41) is 12.4. The third-order valence-corrected chi connectivity index (χ3v) is 3.19. The Morgan fingerprint density at radius 3 is 2.67 bits per heavy atom. The van der Waals surface area contributed by atoms with Gasteiger partial charge in [-0.2, -0.15) is 0 Å². The van der Waals surface area contributed by atoms with Crippen LogP contribution in [0.25, 0.3) is 0 Å². The number of amides is 1. The maximum absolute atomic E-state index is 12.1. The fourth-order valence-corrected chi connectivity index (χ4v) is 2.18. The maximum atomic E-state index is 12.1. The first-order valence-corrected chi connectivity index (χ1v) is 7.00. The molecule has 1 heterocycles. The quantitative estimate of drug-likeness (QED) is 0.620. The van der Waals surface area contributed by atoms with Gasteiger partial charge in [0.2, 0.25) is 0 Å². The Bertz CT molecular complexity index is 438. The Morgan fingerprint density at radius 1 is 1.44 bits per heavy atom. The van der Waals surface area contributed by atoms with Crippen molar-refractivity contribution in [3.8, 4) is 0 Å². The number of carbonyl (C=O) groups is 1. The van der Waals surface area contributed by atoms with Gasteiger partial charge in [0, 0.05) is 13.2 Å². The van der Waals surface area contributed by atoms with Crippen molar-refractivity contribution >= 4 is 17.7 Å². The van der Waals surface area contributed by atoms with Crippen molar-refractivity contribution in [2.45, 2.75) is 25.8 Å². The molecule has 1 amide bonds. The molecule has 1 aromatic heterocycles. The Balaban J connectivity index is 2.91. The first-order valence-electron chi connectivity index (χ1n) is 5.77. The summed E-state index contributed by atoms with van der Waals surface area (Å²) in [6, 6.07) is 0. The summed E-state index contributed by atoms with van der Waals surface area (Å²) in [7, 11) is 0. The zero-order valence-corrected chi connectivity index (χ0v) is 12.0. The van der Waals surface area contributed by atoms with E-state index in [0.717, 1.165) is 0 Å². The van der Waals surface area contributed by atoms with Gasteiger partial charge in [0.1, 0.15) is 10.9 Å². The van der Waals surface area contributed by atoms with Gasteiger partial charge < -0.3 is 10.4 Å². The number of aryl methyl sites for hydroxylation is 2. The van der Waals surface area contributed by atoms with E-state index in [1.165, 1.54) is 11.8 Å². The van der Waals surface area contributed by atoms with Crippen LogP contribution in [0.2, 0.25) is 0 Å². The van der Waals surface area contributed by atoms with Crippen LogP contribution in [0.1, 0.15) is 28.8 Å². The van der Waals surface area contributed by atoms with Crippen molar-refractivity contribution in [3.63, 3.8) is 0 Å². The average Bonchev–Trinajstić information content (AvgIpc) is 2.34. The number of aliphatic hydroxyl groups excluding tert-OH is 1. The van der Waals surface area contributed by atoms with Crippen LogP contribution >= 0.6 is 11.8 Å². The highest BCUT2D eigenvalue weighted by atomic mass is 32.2. The number of aliphatic hydroxyl groups is 1. The van der Waals surface area contributed by atoms with Crippen molar-refractivity contribution < 1.29 is 9.90 Å². The van der Waals surface area contributed by atoms with E-state index in [9.17, 15) is 4.79 Å². The number of carbonyl (C=O) groups excluding carboxylic acids is 1. The molecule has 1 atom stereocenters. The summed E-state index contributed by atoms with van der Waals surface area (Å²) in [6.45, 7) is 5.98. The maximum Gasteiger partial charge on any atom is 0.255 e. The number of thioether (sulfide) groups is 1. The van der Waals surface area contributed by atoms with Crippen LogP contribution in [-0.4, -0.2) is 40.4 Å². The Hall–Kier alpha value is -1.14. The minimum atomic E-state index is -0.183. The fraction of sp³-hybridized carbons (Fsp3) is 0.583. The Labute approximate surface area is 111 Å². The van der Waals surface area contributed by atoms with E-state index in [0.29, 0.717) is 28.7 Å². The lowest BCUT2D eigenvalue weighted by molar-refractivity contribution is 0.0937. The standard InChI is InChI=1S/C12H19N3O2S/c1-7(6-16)5-13-11(17)10-8(2)14-9(3)15-12(10)18-4/h7,16H,5-6H2,1-4H3,(H,13,17). The Kier molecular flexibility index (Phi) is 5.55. The molecule has 0 aliphatic heterocycles. The predicted molar refractivity (Wildman–Crippen MR) is 71.9 cm³/mol. The molecule has 5 nitrogen and oxygen atoms in total. The fourth-order valence-electron chi connectivity index (χ4n) is 1.51. The van der Waals surface area contributed by atoms with Crippen LogP contribution in [0.3, 0.4) is 0 Å².